The van der Waals surface area contributed by atoms with Crippen molar-refractivity contribution < 1.29 is 26.8 Å². The van der Waals surface area contributed by atoms with E-state index >= 15 is 0 Å². The largest absolute Gasteiger partial charge is 0.352 e. The number of benzene rings is 2. The number of anilines is 1. The molecule has 0 aliphatic carbocycles. The zero-order valence-electron chi connectivity index (χ0n) is 18.4. The number of rotatable bonds is 9. The van der Waals surface area contributed by atoms with Crippen LogP contribution in [0.25, 0.3) is 0 Å². The highest BCUT2D eigenvalue weighted by atomic mass is 32.2. The Morgan fingerprint density at radius 1 is 0.938 bits per heavy atom. The molecule has 2 aromatic carbocycles. The first kappa shape index (κ1) is 25.3. The molecule has 0 heterocycles. The van der Waals surface area contributed by atoms with Crippen LogP contribution in [-0.2, 0) is 26.2 Å². The molecule has 7 nitrogen and oxygen atoms in total. The van der Waals surface area contributed by atoms with E-state index in [0.717, 1.165) is 22.7 Å². The van der Waals surface area contributed by atoms with Crippen LogP contribution in [0.4, 0.5) is 14.5 Å². The van der Waals surface area contributed by atoms with Gasteiger partial charge in [0.25, 0.3) is 0 Å². The summed E-state index contributed by atoms with van der Waals surface area (Å²) in [5.74, 6) is -2.05. The van der Waals surface area contributed by atoms with Gasteiger partial charge in [0.05, 0.1) is 11.9 Å². The SMILES string of the molecule is CC(C)NC(=O)[C@@H](C)N(Cc1ccc(F)cc1)C(=O)CN(c1ccc(F)cc1)S(C)(=O)=O. The Balaban J connectivity index is 2.36. The third kappa shape index (κ3) is 7.01. The van der Waals surface area contributed by atoms with Crippen LogP contribution in [0.2, 0.25) is 0 Å². The van der Waals surface area contributed by atoms with Crippen LogP contribution >= 0.6 is 0 Å². The Labute approximate surface area is 187 Å². The number of amides is 2. The van der Waals surface area contributed by atoms with Crippen molar-refractivity contribution in [2.24, 2.45) is 0 Å². The molecule has 174 valence electrons. The Morgan fingerprint density at radius 3 is 1.91 bits per heavy atom. The molecule has 2 amide bonds. The van der Waals surface area contributed by atoms with E-state index in [9.17, 15) is 26.8 Å². The van der Waals surface area contributed by atoms with E-state index in [1.807, 2.05) is 0 Å². The van der Waals surface area contributed by atoms with Gasteiger partial charge in [-0.3, -0.25) is 13.9 Å². The minimum Gasteiger partial charge on any atom is -0.352 e. The summed E-state index contributed by atoms with van der Waals surface area (Å²) in [6, 6.07) is 9.03. The summed E-state index contributed by atoms with van der Waals surface area (Å²) in [6.07, 6.45) is 0.933. The Kier molecular flexibility index (Phi) is 8.31. The van der Waals surface area contributed by atoms with Crippen molar-refractivity contribution in [1.29, 1.82) is 0 Å². The van der Waals surface area contributed by atoms with E-state index in [0.29, 0.717) is 5.56 Å². The summed E-state index contributed by atoms with van der Waals surface area (Å²) in [5.41, 5.74) is 0.680. The second-order valence-electron chi connectivity index (χ2n) is 7.73. The molecule has 0 aliphatic heterocycles. The van der Waals surface area contributed by atoms with Crippen molar-refractivity contribution >= 4 is 27.5 Å². The summed E-state index contributed by atoms with van der Waals surface area (Å²) in [5, 5.41) is 2.73. The normalized spacial score (nSPS) is 12.3. The van der Waals surface area contributed by atoms with E-state index in [1.54, 1.807) is 13.8 Å². The van der Waals surface area contributed by atoms with Crippen molar-refractivity contribution in [3.8, 4) is 0 Å². The van der Waals surface area contributed by atoms with Gasteiger partial charge in [-0.15, -0.1) is 0 Å². The van der Waals surface area contributed by atoms with Crippen LogP contribution in [0.1, 0.15) is 26.3 Å². The van der Waals surface area contributed by atoms with Gasteiger partial charge in [-0.05, 0) is 62.7 Å². The Hall–Kier alpha value is -3.01. The van der Waals surface area contributed by atoms with Crippen molar-refractivity contribution in [2.75, 3.05) is 17.1 Å². The number of hydrogen-bond donors (Lipinski definition) is 1. The van der Waals surface area contributed by atoms with Crippen LogP contribution in [0.3, 0.4) is 0 Å². The number of carbonyl (C=O) groups excluding carboxylic acids is 2. The molecule has 0 radical (unpaired) electrons. The topological polar surface area (TPSA) is 86.8 Å². The van der Waals surface area contributed by atoms with Gasteiger partial charge in [0.1, 0.15) is 24.2 Å². The van der Waals surface area contributed by atoms with E-state index < -0.39 is 46.1 Å². The number of halogens is 2. The van der Waals surface area contributed by atoms with Crippen molar-refractivity contribution in [3.05, 3.63) is 65.7 Å². The Bertz CT molecular complexity index is 1040. The van der Waals surface area contributed by atoms with Crippen molar-refractivity contribution in [1.82, 2.24) is 10.2 Å². The predicted octanol–water partition coefficient (Wildman–Crippen LogP) is 2.67. The van der Waals surface area contributed by atoms with E-state index in [1.165, 1.54) is 48.2 Å². The van der Waals surface area contributed by atoms with Crippen LogP contribution in [-0.4, -0.2) is 50.0 Å². The first-order chi connectivity index (χ1) is 14.9. The highest BCUT2D eigenvalue weighted by Gasteiger charge is 2.30. The van der Waals surface area contributed by atoms with Crippen LogP contribution in [0.5, 0.6) is 0 Å². The number of nitrogens with one attached hydrogen (secondary N) is 1. The molecular formula is C22H27F2N3O4S. The lowest BCUT2D eigenvalue weighted by molar-refractivity contribution is -0.139. The summed E-state index contributed by atoms with van der Waals surface area (Å²) < 4.78 is 52.1. The minimum atomic E-state index is -3.89. The van der Waals surface area contributed by atoms with Gasteiger partial charge < -0.3 is 10.2 Å². The second-order valence-corrected chi connectivity index (χ2v) is 9.64. The first-order valence-corrected chi connectivity index (χ1v) is 11.8. The molecular weight excluding hydrogens is 440 g/mol. The number of hydrogen-bond acceptors (Lipinski definition) is 4. The molecule has 10 heteroatoms. The predicted molar refractivity (Wildman–Crippen MR) is 118 cm³/mol. The first-order valence-electron chi connectivity index (χ1n) is 9.96. The third-order valence-corrected chi connectivity index (χ3v) is 5.80. The average Bonchev–Trinajstić information content (AvgIpc) is 2.70. The smallest absolute Gasteiger partial charge is 0.244 e. The van der Waals surface area contributed by atoms with Gasteiger partial charge in [0.2, 0.25) is 21.8 Å². The van der Waals surface area contributed by atoms with Gasteiger partial charge in [-0.25, -0.2) is 17.2 Å². The molecule has 0 saturated carbocycles. The van der Waals surface area contributed by atoms with Crippen LogP contribution in [0, 0.1) is 11.6 Å². The van der Waals surface area contributed by atoms with Gasteiger partial charge in [-0.1, -0.05) is 12.1 Å². The second kappa shape index (κ2) is 10.5. The fourth-order valence-electron chi connectivity index (χ4n) is 3.00. The number of carbonyl (C=O) groups is 2. The van der Waals surface area contributed by atoms with Crippen molar-refractivity contribution in [2.45, 2.75) is 39.4 Å². The molecule has 0 aromatic heterocycles. The maximum atomic E-state index is 13.3. The molecule has 32 heavy (non-hydrogen) atoms. The highest BCUT2D eigenvalue weighted by molar-refractivity contribution is 7.92. The van der Waals surface area contributed by atoms with Crippen LogP contribution < -0.4 is 9.62 Å². The summed E-state index contributed by atoms with van der Waals surface area (Å²) in [4.78, 5) is 27.1. The van der Waals surface area contributed by atoms with Crippen LogP contribution in [0.15, 0.2) is 48.5 Å². The zero-order chi connectivity index (χ0) is 24.1. The summed E-state index contributed by atoms with van der Waals surface area (Å²) in [6.45, 7) is 4.45. The maximum Gasteiger partial charge on any atom is 0.244 e. The Morgan fingerprint density at radius 2 is 1.44 bits per heavy atom. The molecule has 0 aliphatic rings. The van der Waals surface area contributed by atoms with Gasteiger partial charge in [0.15, 0.2) is 0 Å². The molecule has 0 fully saturated rings. The zero-order valence-corrected chi connectivity index (χ0v) is 19.2. The fourth-order valence-corrected chi connectivity index (χ4v) is 3.84. The highest BCUT2D eigenvalue weighted by Crippen LogP contribution is 2.19. The van der Waals surface area contributed by atoms with Gasteiger partial charge in [0, 0.05) is 12.6 Å². The molecule has 0 bridgehead atoms. The van der Waals surface area contributed by atoms with Gasteiger partial charge >= 0.3 is 0 Å². The fraction of sp³-hybridized carbons (Fsp3) is 0.364. The summed E-state index contributed by atoms with van der Waals surface area (Å²) >= 11 is 0. The monoisotopic (exact) mass is 467 g/mol. The van der Waals surface area contributed by atoms with Gasteiger partial charge in [-0.2, -0.15) is 0 Å². The van der Waals surface area contributed by atoms with E-state index in [-0.39, 0.29) is 18.3 Å². The molecule has 0 saturated heterocycles. The standard InChI is InChI=1S/C22H27F2N3O4S/c1-15(2)25-22(29)16(3)26(13-17-5-7-18(23)8-6-17)21(28)14-27(32(4,30)31)20-11-9-19(24)10-12-20/h5-12,15-16H,13-14H2,1-4H3,(H,25,29)/t16-/m1/s1. The van der Waals surface area contributed by atoms with E-state index in [4.69, 9.17) is 0 Å². The molecule has 0 unspecified atom stereocenters. The lowest BCUT2D eigenvalue weighted by Crippen LogP contribution is -2.52. The average molecular weight is 468 g/mol. The van der Waals surface area contributed by atoms with Crippen molar-refractivity contribution in [3.63, 3.8) is 0 Å². The van der Waals surface area contributed by atoms with E-state index in [2.05, 4.69) is 5.32 Å². The lowest BCUT2D eigenvalue weighted by Gasteiger charge is -2.31. The lowest BCUT2D eigenvalue weighted by atomic mass is 10.1. The number of sulfonamides is 1. The quantitative estimate of drug-likeness (QED) is 0.614. The molecule has 1 N–H and O–H groups in total. The number of nitrogens with zero attached hydrogens (tertiary/aromatic N) is 2. The molecule has 2 aromatic rings. The minimum absolute atomic E-state index is 0.0349. The molecule has 0 spiro atoms. The summed E-state index contributed by atoms with van der Waals surface area (Å²) in [7, 11) is -3.89. The molecule has 1 atom stereocenters. The molecule has 2 rings (SSSR count). The third-order valence-electron chi connectivity index (χ3n) is 4.66. The maximum absolute atomic E-state index is 13.3.